The zero-order valence-electron chi connectivity index (χ0n) is 11.7. The van der Waals surface area contributed by atoms with Gasteiger partial charge in [-0.15, -0.1) is 0 Å². The van der Waals surface area contributed by atoms with E-state index < -0.39 is 11.6 Å². The summed E-state index contributed by atoms with van der Waals surface area (Å²) in [5.41, 5.74) is -0.496. The molecule has 0 radical (unpaired) electrons. The normalized spacial score (nSPS) is 13.0. The molecule has 5 heteroatoms. The van der Waals surface area contributed by atoms with Crippen molar-refractivity contribution in [3.8, 4) is 5.75 Å². The van der Waals surface area contributed by atoms with E-state index in [9.17, 15) is 4.79 Å². The van der Waals surface area contributed by atoms with Crippen molar-refractivity contribution in [1.82, 2.24) is 9.55 Å². The maximum absolute atomic E-state index is 12.6. The standard InChI is InChI=1S/C15H17BrN2O2/c1-15(2,3)13(19)14(18-8-4-5-9-18)20-12-10-17-7-6-11(12)16/h4-10,14H,1-3H3. The second kappa shape index (κ2) is 5.79. The van der Waals surface area contributed by atoms with Crippen molar-refractivity contribution in [2.45, 2.75) is 27.0 Å². The number of ketones is 1. The molecule has 20 heavy (non-hydrogen) atoms. The summed E-state index contributed by atoms with van der Waals surface area (Å²) in [6.07, 6.45) is 6.19. The second-order valence-corrected chi connectivity index (χ2v) is 6.38. The van der Waals surface area contributed by atoms with Crippen LogP contribution in [-0.4, -0.2) is 15.3 Å². The summed E-state index contributed by atoms with van der Waals surface area (Å²) < 4.78 is 8.41. The first-order valence-corrected chi connectivity index (χ1v) is 7.12. The molecule has 0 N–H and O–H groups in total. The van der Waals surface area contributed by atoms with Crippen molar-refractivity contribution in [2.24, 2.45) is 5.41 Å². The van der Waals surface area contributed by atoms with Crippen LogP contribution in [0.2, 0.25) is 0 Å². The van der Waals surface area contributed by atoms with Crippen molar-refractivity contribution < 1.29 is 9.53 Å². The highest BCUT2D eigenvalue weighted by Gasteiger charge is 2.32. The third-order valence-electron chi connectivity index (χ3n) is 2.83. The van der Waals surface area contributed by atoms with Gasteiger partial charge in [0.15, 0.2) is 11.5 Å². The minimum absolute atomic E-state index is 0.00412. The first-order valence-electron chi connectivity index (χ1n) is 6.32. The summed E-state index contributed by atoms with van der Waals surface area (Å²) in [4.78, 5) is 16.6. The topological polar surface area (TPSA) is 44.1 Å². The van der Waals surface area contributed by atoms with Crippen LogP contribution < -0.4 is 4.74 Å². The van der Waals surface area contributed by atoms with Crippen LogP contribution in [0.25, 0.3) is 0 Å². The molecule has 0 saturated carbocycles. The van der Waals surface area contributed by atoms with Gasteiger partial charge in [-0.2, -0.15) is 0 Å². The van der Waals surface area contributed by atoms with Crippen LogP contribution in [0.15, 0.2) is 47.5 Å². The number of hydrogen-bond acceptors (Lipinski definition) is 3. The van der Waals surface area contributed by atoms with Gasteiger partial charge in [0.2, 0.25) is 6.23 Å². The van der Waals surface area contributed by atoms with Gasteiger partial charge in [-0.3, -0.25) is 9.78 Å². The molecule has 1 atom stereocenters. The van der Waals surface area contributed by atoms with Gasteiger partial charge in [-0.25, -0.2) is 0 Å². The van der Waals surface area contributed by atoms with Gasteiger partial charge in [-0.05, 0) is 34.1 Å². The molecule has 0 aromatic carbocycles. The highest BCUT2D eigenvalue weighted by Crippen LogP contribution is 2.30. The van der Waals surface area contributed by atoms with Crippen molar-refractivity contribution in [3.05, 3.63) is 47.5 Å². The van der Waals surface area contributed by atoms with Gasteiger partial charge in [0.1, 0.15) is 0 Å². The number of nitrogens with zero attached hydrogens (tertiary/aromatic N) is 2. The third-order valence-corrected chi connectivity index (χ3v) is 3.49. The molecule has 2 heterocycles. The fourth-order valence-corrected chi connectivity index (χ4v) is 2.01. The first-order chi connectivity index (χ1) is 9.39. The lowest BCUT2D eigenvalue weighted by molar-refractivity contribution is -0.137. The summed E-state index contributed by atoms with van der Waals surface area (Å²) in [6.45, 7) is 5.65. The molecular formula is C15H17BrN2O2. The van der Waals surface area contributed by atoms with Crippen LogP contribution >= 0.6 is 15.9 Å². The lowest BCUT2D eigenvalue weighted by Crippen LogP contribution is -2.33. The second-order valence-electron chi connectivity index (χ2n) is 5.52. The van der Waals surface area contributed by atoms with E-state index in [1.807, 2.05) is 45.3 Å². The molecule has 0 spiro atoms. The summed E-state index contributed by atoms with van der Waals surface area (Å²) in [6, 6.07) is 5.51. The zero-order valence-corrected chi connectivity index (χ0v) is 13.3. The predicted molar refractivity (Wildman–Crippen MR) is 80.5 cm³/mol. The lowest BCUT2D eigenvalue weighted by atomic mass is 9.89. The van der Waals surface area contributed by atoms with Crippen molar-refractivity contribution in [1.29, 1.82) is 0 Å². The molecule has 0 aliphatic rings. The Kier molecular flexibility index (Phi) is 4.28. The van der Waals surface area contributed by atoms with Gasteiger partial charge in [-0.1, -0.05) is 20.8 Å². The van der Waals surface area contributed by atoms with Gasteiger partial charge >= 0.3 is 0 Å². The molecular weight excluding hydrogens is 320 g/mol. The summed E-state index contributed by atoms with van der Waals surface area (Å²) >= 11 is 3.40. The largest absolute Gasteiger partial charge is 0.460 e. The molecule has 0 aliphatic heterocycles. The van der Waals surface area contributed by atoms with Gasteiger partial charge in [0, 0.05) is 24.0 Å². The Bertz CT molecular complexity index is 588. The first kappa shape index (κ1) is 14.8. The number of halogens is 1. The van der Waals surface area contributed by atoms with Gasteiger partial charge < -0.3 is 9.30 Å². The summed E-state index contributed by atoms with van der Waals surface area (Å²) in [5.74, 6) is 0.549. The number of pyridine rings is 1. The maximum Gasteiger partial charge on any atom is 0.235 e. The molecule has 0 bridgehead atoms. The SMILES string of the molecule is CC(C)(C)C(=O)C(Oc1cnccc1Br)n1cccc1. The van der Waals surface area contributed by atoms with Crippen LogP contribution in [-0.2, 0) is 4.79 Å². The molecule has 106 valence electrons. The Balaban J connectivity index is 2.34. The monoisotopic (exact) mass is 336 g/mol. The number of hydrogen-bond donors (Lipinski definition) is 0. The number of aromatic nitrogens is 2. The van der Waals surface area contributed by atoms with E-state index in [4.69, 9.17) is 4.74 Å². The van der Waals surface area contributed by atoms with E-state index in [0.717, 1.165) is 4.47 Å². The van der Waals surface area contributed by atoms with Crippen molar-refractivity contribution >= 4 is 21.7 Å². The molecule has 0 aliphatic carbocycles. The fraction of sp³-hybridized carbons (Fsp3) is 0.333. The maximum atomic E-state index is 12.6. The quantitative estimate of drug-likeness (QED) is 0.851. The van der Waals surface area contributed by atoms with E-state index in [1.165, 1.54) is 0 Å². The number of rotatable bonds is 4. The molecule has 0 amide bonds. The van der Waals surface area contributed by atoms with E-state index in [1.54, 1.807) is 23.0 Å². The Hall–Kier alpha value is -1.62. The average Bonchev–Trinajstić information content (AvgIpc) is 2.89. The number of carbonyl (C=O) groups excluding carboxylic acids is 1. The number of carbonyl (C=O) groups is 1. The highest BCUT2D eigenvalue weighted by atomic mass is 79.9. The molecule has 4 nitrogen and oxygen atoms in total. The van der Waals surface area contributed by atoms with Crippen LogP contribution in [0.4, 0.5) is 0 Å². The minimum atomic E-state index is -0.703. The van der Waals surface area contributed by atoms with Gasteiger partial charge in [0.25, 0.3) is 0 Å². The molecule has 0 saturated heterocycles. The minimum Gasteiger partial charge on any atom is -0.460 e. The smallest absolute Gasteiger partial charge is 0.235 e. The number of Topliss-reactive ketones (excluding diaryl/α,β-unsaturated/α-hetero) is 1. The fourth-order valence-electron chi connectivity index (χ4n) is 1.69. The van der Waals surface area contributed by atoms with Crippen molar-refractivity contribution in [2.75, 3.05) is 0 Å². The Morgan fingerprint density at radius 1 is 1.35 bits per heavy atom. The van der Waals surface area contributed by atoms with E-state index in [-0.39, 0.29) is 5.78 Å². The van der Waals surface area contributed by atoms with E-state index in [0.29, 0.717) is 5.75 Å². The lowest BCUT2D eigenvalue weighted by Gasteiger charge is -2.26. The highest BCUT2D eigenvalue weighted by molar-refractivity contribution is 9.10. The van der Waals surface area contributed by atoms with E-state index >= 15 is 0 Å². The van der Waals surface area contributed by atoms with Crippen LogP contribution in [0.3, 0.4) is 0 Å². The molecule has 2 rings (SSSR count). The van der Waals surface area contributed by atoms with Gasteiger partial charge in [0.05, 0.1) is 10.7 Å². The van der Waals surface area contributed by atoms with Crippen LogP contribution in [0, 0.1) is 5.41 Å². The molecule has 2 aromatic heterocycles. The molecule has 1 unspecified atom stereocenters. The van der Waals surface area contributed by atoms with E-state index in [2.05, 4.69) is 20.9 Å². The Morgan fingerprint density at radius 2 is 2.00 bits per heavy atom. The molecule has 0 fully saturated rings. The summed E-state index contributed by atoms with van der Waals surface area (Å²) in [7, 11) is 0. The Labute approximate surface area is 126 Å². The Morgan fingerprint density at radius 3 is 2.55 bits per heavy atom. The zero-order chi connectivity index (χ0) is 14.8. The average molecular weight is 337 g/mol. The number of ether oxygens (including phenoxy) is 1. The summed E-state index contributed by atoms with van der Waals surface area (Å²) in [5, 5.41) is 0. The van der Waals surface area contributed by atoms with Crippen molar-refractivity contribution in [3.63, 3.8) is 0 Å². The molecule has 2 aromatic rings. The van der Waals surface area contributed by atoms with Crippen LogP contribution in [0.1, 0.15) is 27.0 Å². The third kappa shape index (κ3) is 3.28. The predicted octanol–water partition coefficient (Wildman–Crippen LogP) is 3.84. The van der Waals surface area contributed by atoms with Crippen LogP contribution in [0.5, 0.6) is 5.75 Å².